The van der Waals surface area contributed by atoms with Gasteiger partial charge in [-0.3, -0.25) is 4.79 Å². The number of hydrogen-bond donors (Lipinski definition) is 1. The van der Waals surface area contributed by atoms with Crippen LogP contribution in [-0.4, -0.2) is 36.5 Å². The van der Waals surface area contributed by atoms with Gasteiger partial charge in [0.2, 0.25) is 5.91 Å². The lowest BCUT2D eigenvalue weighted by Crippen LogP contribution is -2.54. The highest BCUT2D eigenvalue weighted by Gasteiger charge is 2.39. The SMILES string of the molecule is Cl.O=C(C1CCCCN1)N1CCCC2(CCCCC2)C1. The summed E-state index contributed by atoms with van der Waals surface area (Å²) in [5.74, 6) is 0.393. The van der Waals surface area contributed by atoms with Crippen molar-refractivity contribution in [3.8, 4) is 0 Å². The molecule has 0 aromatic rings. The van der Waals surface area contributed by atoms with Crippen LogP contribution in [0.4, 0.5) is 0 Å². The predicted octanol–water partition coefficient (Wildman–Crippen LogP) is 3.12. The lowest BCUT2D eigenvalue weighted by atomic mass is 9.69. The summed E-state index contributed by atoms with van der Waals surface area (Å²) in [6.45, 7) is 3.07. The van der Waals surface area contributed by atoms with Crippen LogP contribution in [0.15, 0.2) is 0 Å². The van der Waals surface area contributed by atoms with Crippen molar-refractivity contribution in [2.24, 2.45) is 5.41 Å². The van der Waals surface area contributed by atoms with Gasteiger partial charge in [-0.05, 0) is 50.5 Å². The average molecular weight is 301 g/mol. The first-order chi connectivity index (χ1) is 9.29. The third kappa shape index (κ3) is 3.48. The van der Waals surface area contributed by atoms with E-state index in [-0.39, 0.29) is 18.4 Å². The summed E-state index contributed by atoms with van der Waals surface area (Å²) in [6.07, 6.45) is 12.9. The van der Waals surface area contributed by atoms with Gasteiger partial charge in [0.15, 0.2) is 0 Å². The number of piperidine rings is 2. The Bertz CT molecular complexity index is 317. The molecule has 2 aliphatic heterocycles. The van der Waals surface area contributed by atoms with Gasteiger partial charge in [0.05, 0.1) is 6.04 Å². The highest BCUT2D eigenvalue weighted by molar-refractivity contribution is 5.85. The topological polar surface area (TPSA) is 32.3 Å². The lowest BCUT2D eigenvalue weighted by Gasteiger charge is -2.46. The fraction of sp³-hybridized carbons (Fsp3) is 0.938. The van der Waals surface area contributed by atoms with Crippen LogP contribution in [0.25, 0.3) is 0 Å². The Hall–Kier alpha value is -0.280. The maximum Gasteiger partial charge on any atom is 0.239 e. The van der Waals surface area contributed by atoms with Gasteiger partial charge in [-0.1, -0.05) is 25.7 Å². The van der Waals surface area contributed by atoms with Crippen molar-refractivity contribution in [2.75, 3.05) is 19.6 Å². The van der Waals surface area contributed by atoms with Crippen molar-refractivity contribution in [3.63, 3.8) is 0 Å². The summed E-state index contributed by atoms with van der Waals surface area (Å²) in [7, 11) is 0. The smallest absolute Gasteiger partial charge is 0.239 e. The van der Waals surface area contributed by atoms with Crippen molar-refractivity contribution in [3.05, 3.63) is 0 Å². The number of likely N-dealkylation sites (tertiary alicyclic amines) is 1. The highest BCUT2D eigenvalue weighted by Crippen LogP contribution is 2.43. The first-order valence-electron chi connectivity index (χ1n) is 8.31. The van der Waals surface area contributed by atoms with Gasteiger partial charge >= 0.3 is 0 Å². The molecule has 116 valence electrons. The molecule has 0 radical (unpaired) electrons. The van der Waals surface area contributed by atoms with E-state index in [0.29, 0.717) is 11.3 Å². The molecule has 4 heteroatoms. The predicted molar refractivity (Wildman–Crippen MR) is 84.2 cm³/mol. The first kappa shape index (κ1) is 16.1. The van der Waals surface area contributed by atoms with E-state index >= 15 is 0 Å². The number of carbonyl (C=O) groups is 1. The summed E-state index contributed by atoms with van der Waals surface area (Å²) >= 11 is 0. The average Bonchev–Trinajstić information content (AvgIpc) is 2.48. The molecule has 0 aromatic carbocycles. The molecular weight excluding hydrogens is 272 g/mol. The van der Waals surface area contributed by atoms with Gasteiger partial charge in [0.25, 0.3) is 0 Å². The molecule has 3 fully saturated rings. The van der Waals surface area contributed by atoms with Crippen LogP contribution in [0.2, 0.25) is 0 Å². The molecule has 3 nitrogen and oxygen atoms in total. The van der Waals surface area contributed by atoms with Crippen molar-refractivity contribution >= 4 is 18.3 Å². The van der Waals surface area contributed by atoms with E-state index < -0.39 is 0 Å². The van der Waals surface area contributed by atoms with E-state index in [1.807, 2.05) is 0 Å². The molecule has 1 amide bonds. The molecule has 20 heavy (non-hydrogen) atoms. The maximum atomic E-state index is 12.6. The summed E-state index contributed by atoms with van der Waals surface area (Å²) in [5, 5.41) is 3.42. The van der Waals surface area contributed by atoms with Crippen LogP contribution < -0.4 is 5.32 Å². The highest BCUT2D eigenvalue weighted by atomic mass is 35.5. The molecular formula is C16H29ClN2O. The number of carbonyl (C=O) groups excluding carboxylic acids is 1. The first-order valence-corrected chi connectivity index (χ1v) is 8.31. The minimum absolute atomic E-state index is 0. The summed E-state index contributed by atoms with van der Waals surface area (Å²) < 4.78 is 0. The Morgan fingerprint density at radius 3 is 2.45 bits per heavy atom. The zero-order valence-corrected chi connectivity index (χ0v) is 13.3. The number of amides is 1. The fourth-order valence-corrected chi connectivity index (χ4v) is 4.39. The quantitative estimate of drug-likeness (QED) is 0.807. The zero-order chi connectivity index (χ0) is 13.1. The second-order valence-corrected chi connectivity index (χ2v) is 6.93. The van der Waals surface area contributed by atoms with Crippen LogP contribution in [0.3, 0.4) is 0 Å². The molecule has 2 heterocycles. The van der Waals surface area contributed by atoms with Crippen molar-refractivity contribution in [1.29, 1.82) is 0 Å². The molecule has 1 unspecified atom stereocenters. The number of hydrogen-bond acceptors (Lipinski definition) is 2. The summed E-state index contributed by atoms with van der Waals surface area (Å²) in [4.78, 5) is 14.8. The van der Waals surface area contributed by atoms with Crippen molar-refractivity contribution in [2.45, 2.75) is 70.3 Å². The van der Waals surface area contributed by atoms with E-state index in [2.05, 4.69) is 10.2 Å². The Morgan fingerprint density at radius 2 is 1.75 bits per heavy atom. The van der Waals surface area contributed by atoms with Crippen LogP contribution >= 0.6 is 12.4 Å². The van der Waals surface area contributed by atoms with Crippen molar-refractivity contribution < 1.29 is 4.79 Å². The van der Waals surface area contributed by atoms with E-state index in [1.54, 1.807) is 0 Å². The van der Waals surface area contributed by atoms with Crippen LogP contribution in [-0.2, 0) is 4.79 Å². The standard InChI is InChI=1S/C16H28N2O.ClH/c19-15(14-7-2-5-11-17-14)18-12-6-10-16(13-18)8-3-1-4-9-16;/h14,17H,1-13H2;1H. The third-order valence-electron chi connectivity index (χ3n) is 5.50. The molecule has 1 atom stereocenters. The van der Waals surface area contributed by atoms with Gasteiger partial charge < -0.3 is 10.2 Å². The number of halogens is 1. The summed E-state index contributed by atoms with van der Waals surface area (Å²) in [6, 6.07) is 0.118. The molecule has 0 bridgehead atoms. The molecule has 1 spiro atoms. The van der Waals surface area contributed by atoms with E-state index in [4.69, 9.17) is 0 Å². The zero-order valence-electron chi connectivity index (χ0n) is 12.5. The van der Waals surface area contributed by atoms with Gasteiger partial charge in [0.1, 0.15) is 0 Å². The normalized spacial score (nSPS) is 29.8. The second-order valence-electron chi connectivity index (χ2n) is 6.93. The van der Waals surface area contributed by atoms with Gasteiger partial charge in [0, 0.05) is 13.1 Å². The van der Waals surface area contributed by atoms with E-state index in [9.17, 15) is 4.79 Å². The molecule has 1 saturated carbocycles. The lowest BCUT2D eigenvalue weighted by molar-refractivity contribution is -0.138. The fourth-order valence-electron chi connectivity index (χ4n) is 4.39. The molecule has 3 rings (SSSR count). The third-order valence-corrected chi connectivity index (χ3v) is 5.50. The Morgan fingerprint density at radius 1 is 1.00 bits per heavy atom. The van der Waals surface area contributed by atoms with Crippen LogP contribution in [0.5, 0.6) is 0 Å². The monoisotopic (exact) mass is 300 g/mol. The molecule has 1 N–H and O–H groups in total. The second kappa shape index (κ2) is 7.13. The Labute approximate surface area is 129 Å². The molecule has 2 saturated heterocycles. The molecule has 0 aromatic heterocycles. The molecule has 3 aliphatic rings. The van der Waals surface area contributed by atoms with Gasteiger partial charge in [-0.2, -0.15) is 0 Å². The van der Waals surface area contributed by atoms with E-state index in [0.717, 1.165) is 26.1 Å². The van der Waals surface area contributed by atoms with Crippen molar-refractivity contribution in [1.82, 2.24) is 10.2 Å². The minimum atomic E-state index is 0. The van der Waals surface area contributed by atoms with Gasteiger partial charge in [-0.25, -0.2) is 0 Å². The number of nitrogens with zero attached hydrogens (tertiary/aromatic N) is 1. The summed E-state index contributed by atoms with van der Waals surface area (Å²) in [5.41, 5.74) is 0.487. The largest absolute Gasteiger partial charge is 0.341 e. The van der Waals surface area contributed by atoms with Crippen LogP contribution in [0.1, 0.15) is 64.2 Å². The Balaban J connectivity index is 0.00000147. The maximum absolute atomic E-state index is 12.6. The number of nitrogens with one attached hydrogen (secondary N) is 1. The molecule has 1 aliphatic carbocycles. The minimum Gasteiger partial charge on any atom is -0.341 e. The number of rotatable bonds is 1. The van der Waals surface area contributed by atoms with E-state index in [1.165, 1.54) is 57.8 Å². The van der Waals surface area contributed by atoms with Crippen LogP contribution in [0, 0.1) is 5.41 Å². The van der Waals surface area contributed by atoms with Gasteiger partial charge in [-0.15, -0.1) is 12.4 Å². The Kier molecular flexibility index (Phi) is 5.74.